The molecule has 2 aliphatic heterocycles. The topological polar surface area (TPSA) is 118 Å². The van der Waals surface area contributed by atoms with Gasteiger partial charge >= 0.3 is 0 Å². The number of fused-ring (bicyclic) bond motifs is 3. The Morgan fingerprint density at radius 2 is 1.85 bits per heavy atom. The molecule has 8 nitrogen and oxygen atoms in total. The van der Waals surface area contributed by atoms with Crippen molar-refractivity contribution in [1.29, 1.82) is 5.26 Å². The smallest absolute Gasteiger partial charge is 0.268 e. The third-order valence-corrected chi connectivity index (χ3v) is 7.78. The van der Waals surface area contributed by atoms with Gasteiger partial charge in [0.15, 0.2) is 0 Å². The van der Waals surface area contributed by atoms with Crippen molar-refractivity contribution >= 4 is 34.3 Å². The van der Waals surface area contributed by atoms with Crippen molar-refractivity contribution in [3.8, 4) is 6.07 Å². The fraction of sp³-hybridized carbons (Fsp3) is 0.200. The van der Waals surface area contributed by atoms with Crippen molar-refractivity contribution in [3.05, 3.63) is 101 Å². The minimum Gasteiger partial charge on any atom is -0.348 e. The minimum absolute atomic E-state index is 0.0549. The van der Waals surface area contributed by atoms with Crippen LogP contribution in [-0.2, 0) is 21.4 Å². The standard InChI is InChI=1S/C30H22F3N5O3/c31-17-5-3-4-16(10-17)11-25(36-27(39)24-12-19-21(32)8-9-22(33)26(19)35-24)28(40)38-15-30(13-18(38)14-34)20-6-1-2-7-23(20)37-29(30)41/h1-10,12,18,25,35H,11,13,15H2,(H,36,39)(H,37,41)/t18-,25?,30-/m0/s1. The number of H-pyrrole nitrogens is 1. The van der Waals surface area contributed by atoms with Gasteiger partial charge in [0.25, 0.3) is 5.91 Å². The second-order valence-corrected chi connectivity index (χ2v) is 10.3. The molecule has 1 fully saturated rings. The predicted molar refractivity (Wildman–Crippen MR) is 142 cm³/mol. The first-order chi connectivity index (χ1) is 19.7. The van der Waals surface area contributed by atoms with Gasteiger partial charge in [0.05, 0.1) is 17.0 Å². The Labute approximate surface area is 231 Å². The zero-order valence-electron chi connectivity index (χ0n) is 21.4. The molecule has 2 aliphatic rings. The summed E-state index contributed by atoms with van der Waals surface area (Å²) in [5, 5.41) is 15.3. The number of halogens is 3. The Balaban J connectivity index is 1.34. The number of nitrogens with one attached hydrogen (secondary N) is 3. The van der Waals surface area contributed by atoms with Crippen molar-refractivity contribution in [3.63, 3.8) is 0 Å². The van der Waals surface area contributed by atoms with Crippen LogP contribution < -0.4 is 10.6 Å². The van der Waals surface area contributed by atoms with E-state index in [2.05, 4.69) is 21.7 Å². The van der Waals surface area contributed by atoms with Crippen molar-refractivity contribution in [1.82, 2.24) is 15.2 Å². The van der Waals surface area contributed by atoms with Crippen LogP contribution >= 0.6 is 0 Å². The van der Waals surface area contributed by atoms with E-state index < -0.39 is 46.8 Å². The van der Waals surface area contributed by atoms with E-state index in [0.29, 0.717) is 16.8 Å². The molecule has 0 aliphatic carbocycles. The largest absolute Gasteiger partial charge is 0.348 e. The summed E-state index contributed by atoms with van der Waals surface area (Å²) in [6.45, 7) is -0.106. The summed E-state index contributed by atoms with van der Waals surface area (Å²) in [6.07, 6.45) is -0.0883. The van der Waals surface area contributed by atoms with Gasteiger partial charge in [0.2, 0.25) is 11.8 Å². The molecule has 3 heterocycles. The van der Waals surface area contributed by atoms with Crippen LogP contribution in [0.5, 0.6) is 0 Å². The van der Waals surface area contributed by atoms with Gasteiger partial charge in [0.1, 0.15) is 35.2 Å². The first kappa shape index (κ1) is 26.1. The second-order valence-electron chi connectivity index (χ2n) is 10.3. The van der Waals surface area contributed by atoms with Crippen LogP contribution in [0.4, 0.5) is 18.9 Å². The number of rotatable bonds is 5. The Morgan fingerprint density at radius 3 is 2.61 bits per heavy atom. The summed E-state index contributed by atoms with van der Waals surface area (Å²) in [5.74, 6) is -3.86. The number of anilines is 1. The molecule has 3 atom stereocenters. The van der Waals surface area contributed by atoms with Crippen molar-refractivity contribution in [2.75, 3.05) is 11.9 Å². The highest BCUT2D eigenvalue weighted by Crippen LogP contribution is 2.46. The molecule has 1 spiro atoms. The summed E-state index contributed by atoms with van der Waals surface area (Å²) in [5.41, 5.74) is 0.121. The predicted octanol–water partition coefficient (Wildman–Crippen LogP) is 3.94. The third-order valence-electron chi connectivity index (χ3n) is 7.78. The van der Waals surface area contributed by atoms with Gasteiger partial charge in [-0.05, 0) is 47.5 Å². The number of aromatic nitrogens is 1. The number of nitriles is 1. The number of hydrogen-bond donors (Lipinski definition) is 3. The lowest BCUT2D eigenvalue weighted by molar-refractivity contribution is -0.133. The van der Waals surface area contributed by atoms with E-state index in [1.165, 1.54) is 23.1 Å². The van der Waals surface area contributed by atoms with Gasteiger partial charge in [0, 0.05) is 30.5 Å². The van der Waals surface area contributed by atoms with Gasteiger partial charge in [-0.1, -0.05) is 30.3 Å². The van der Waals surface area contributed by atoms with E-state index in [4.69, 9.17) is 0 Å². The number of para-hydroxylation sites is 1. The van der Waals surface area contributed by atoms with Gasteiger partial charge in [-0.2, -0.15) is 5.26 Å². The SMILES string of the molecule is N#C[C@@H]1C[C@@]2(CN1C(=O)C(Cc1cccc(F)c1)NC(=O)c1cc3c(F)ccc(F)c3[nH]1)C(=O)Nc1ccccc12. The molecule has 1 unspecified atom stereocenters. The Hall–Kier alpha value is -5.11. The lowest BCUT2D eigenvalue weighted by Gasteiger charge is -2.27. The van der Waals surface area contributed by atoms with E-state index in [1.807, 2.05) is 0 Å². The zero-order valence-corrected chi connectivity index (χ0v) is 21.4. The normalized spacial score (nSPS) is 20.1. The van der Waals surface area contributed by atoms with Gasteiger partial charge in [-0.15, -0.1) is 0 Å². The first-order valence-electron chi connectivity index (χ1n) is 12.8. The van der Waals surface area contributed by atoms with Gasteiger partial charge in [-0.25, -0.2) is 13.2 Å². The van der Waals surface area contributed by atoms with E-state index in [9.17, 15) is 32.8 Å². The fourth-order valence-electron chi connectivity index (χ4n) is 5.79. The number of likely N-dealkylation sites (tertiary alicyclic amines) is 1. The molecule has 41 heavy (non-hydrogen) atoms. The van der Waals surface area contributed by atoms with E-state index >= 15 is 0 Å². The average molecular weight is 558 g/mol. The quantitative estimate of drug-likeness (QED) is 0.345. The van der Waals surface area contributed by atoms with Crippen LogP contribution in [0, 0.1) is 28.8 Å². The number of nitrogens with zero attached hydrogens (tertiary/aromatic N) is 2. The van der Waals surface area contributed by atoms with Gasteiger partial charge < -0.3 is 20.5 Å². The molecule has 3 N–H and O–H groups in total. The summed E-state index contributed by atoms with van der Waals surface area (Å²) in [7, 11) is 0. The second kappa shape index (κ2) is 9.82. The van der Waals surface area contributed by atoms with Crippen LogP contribution in [0.1, 0.15) is 28.0 Å². The summed E-state index contributed by atoms with van der Waals surface area (Å²) < 4.78 is 42.5. The minimum atomic E-state index is -1.30. The number of carbonyl (C=O) groups excluding carboxylic acids is 3. The molecule has 3 aromatic carbocycles. The molecule has 0 radical (unpaired) electrons. The lowest BCUT2D eigenvalue weighted by atomic mass is 9.80. The summed E-state index contributed by atoms with van der Waals surface area (Å²) in [6, 6.07) is 15.4. The van der Waals surface area contributed by atoms with Gasteiger partial charge in [-0.3, -0.25) is 14.4 Å². The molecule has 0 bridgehead atoms. The van der Waals surface area contributed by atoms with Crippen LogP contribution in [0.3, 0.4) is 0 Å². The van der Waals surface area contributed by atoms with Crippen LogP contribution in [0.2, 0.25) is 0 Å². The number of hydrogen-bond acceptors (Lipinski definition) is 4. The van der Waals surface area contributed by atoms with E-state index in [1.54, 1.807) is 30.3 Å². The highest BCUT2D eigenvalue weighted by Gasteiger charge is 2.56. The summed E-state index contributed by atoms with van der Waals surface area (Å²) in [4.78, 5) is 44.3. The summed E-state index contributed by atoms with van der Waals surface area (Å²) >= 11 is 0. The third kappa shape index (κ3) is 4.37. The Morgan fingerprint density at radius 1 is 1.07 bits per heavy atom. The maximum absolute atomic E-state index is 14.2. The highest BCUT2D eigenvalue weighted by molar-refractivity contribution is 6.07. The molecule has 0 saturated carbocycles. The number of carbonyl (C=O) groups is 3. The maximum Gasteiger partial charge on any atom is 0.268 e. The number of aromatic amines is 1. The van der Waals surface area contributed by atoms with Crippen molar-refractivity contribution in [2.24, 2.45) is 0 Å². The van der Waals surface area contributed by atoms with Crippen molar-refractivity contribution < 1.29 is 27.6 Å². The average Bonchev–Trinajstić information content (AvgIpc) is 3.66. The number of amides is 3. The highest BCUT2D eigenvalue weighted by atomic mass is 19.1. The lowest BCUT2D eigenvalue weighted by Crippen LogP contribution is -2.51. The fourth-order valence-corrected chi connectivity index (χ4v) is 5.79. The molecule has 4 aromatic rings. The molecule has 1 saturated heterocycles. The monoisotopic (exact) mass is 557 g/mol. The Kier molecular flexibility index (Phi) is 6.26. The molecule has 3 amide bonds. The molecule has 1 aromatic heterocycles. The van der Waals surface area contributed by atoms with E-state index in [-0.39, 0.29) is 41.9 Å². The van der Waals surface area contributed by atoms with Crippen LogP contribution in [0.15, 0.2) is 66.7 Å². The zero-order chi connectivity index (χ0) is 28.9. The van der Waals surface area contributed by atoms with Crippen LogP contribution in [0.25, 0.3) is 10.9 Å². The van der Waals surface area contributed by atoms with Crippen LogP contribution in [-0.4, -0.2) is 46.2 Å². The van der Waals surface area contributed by atoms with Crippen molar-refractivity contribution in [2.45, 2.75) is 30.3 Å². The first-order valence-corrected chi connectivity index (χ1v) is 12.8. The Bertz CT molecular complexity index is 1740. The molecule has 6 rings (SSSR count). The van der Waals surface area contributed by atoms with E-state index in [0.717, 1.165) is 18.2 Å². The molecular formula is C30H22F3N5O3. The number of benzene rings is 3. The molecule has 11 heteroatoms. The molecular weight excluding hydrogens is 535 g/mol. The molecule has 206 valence electrons. The maximum atomic E-state index is 14.2.